The van der Waals surface area contributed by atoms with Gasteiger partial charge in [-0.2, -0.15) is 0 Å². The van der Waals surface area contributed by atoms with E-state index in [1.165, 1.54) is 32.6 Å². The first kappa shape index (κ1) is 13.0. The molecule has 0 N–H and O–H groups in total. The van der Waals surface area contributed by atoms with Crippen LogP contribution in [0, 0.1) is 0 Å². The number of hydrogen-bond donors (Lipinski definition) is 0. The third-order valence-electron chi connectivity index (χ3n) is 3.24. The van der Waals surface area contributed by atoms with Crippen LogP contribution < -0.4 is 0 Å². The van der Waals surface area contributed by atoms with E-state index in [1.807, 2.05) is 6.08 Å². The quantitative estimate of drug-likeness (QED) is 0.528. The summed E-state index contributed by atoms with van der Waals surface area (Å²) in [6, 6.07) is 0.741. The minimum absolute atomic E-state index is 0.632. The number of allylic oxidation sites excluding steroid dienone is 1. The molecule has 1 unspecified atom stereocenters. The summed E-state index contributed by atoms with van der Waals surface area (Å²) in [5, 5.41) is 0. The monoisotopic (exact) mass is 230 g/mol. The lowest BCUT2D eigenvalue weighted by Gasteiger charge is -2.37. The minimum Gasteiger partial charge on any atom is -0.298 e. The summed E-state index contributed by atoms with van der Waals surface area (Å²) >= 11 is 5.59. The maximum Gasteiger partial charge on any atom is 0.0404 e. The van der Waals surface area contributed by atoms with Gasteiger partial charge in [-0.05, 0) is 13.3 Å². The van der Waals surface area contributed by atoms with E-state index in [0.29, 0.717) is 5.88 Å². The van der Waals surface area contributed by atoms with Crippen molar-refractivity contribution in [2.24, 2.45) is 0 Å². The molecule has 2 nitrogen and oxygen atoms in total. The van der Waals surface area contributed by atoms with Crippen molar-refractivity contribution in [1.29, 1.82) is 0 Å². The summed E-state index contributed by atoms with van der Waals surface area (Å²) in [5.41, 5.74) is 0. The van der Waals surface area contributed by atoms with Gasteiger partial charge in [-0.3, -0.25) is 9.80 Å². The Morgan fingerprint density at radius 1 is 1.20 bits per heavy atom. The third-order valence-corrected chi connectivity index (χ3v) is 3.42. The third kappa shape index (κ3) is 4.54. The first-order valence-corrected chi connectivity index (χ1v) is 6.48. The van der Waals surface area contributed by atoms with Crippen LogP contribution in [0.25, 0.3) is 0 Å². The standard InChI is InChI=1S/C12H23ClN2/c1-3-12(2)15-10-8-14(9-11-15)7-5-4-6-13/h4-5,12H,3,6-11H2,1-2H3. The summed E-state index contributed by atoms with van der Waals surface area (Å²) in [7, 11) is 0. The molecule has 1 saturated heterocycles. The van der Waals surface area contributed by atoms with Crippen molar-refractivity contribution in [3.05, 3.63) is 12.2 Å². The van der Waals surface area contributed by atoms with E-state index in [-0.39, 0.29) is 0 Å². The number of nitrogens with zero attached hydrogens (tertiary/aromatic N) is 2. The average Bonchev–Trinajstić information content (AvgIpc) is 2.29. The molecule has 0 amide bonds. The second-order valence-electron chi connectivity index (χ2n) is 4.22. The Labute approximate surface area is 98.9 Å². The summed E-state index contributed by atoms with van der Waals surface area (Å²) in [6.07, 6.45) is 5.46. The second kappa shape index (κ2) is 7.26. The van der Waals surface area contributed by atoms with E-state index >= 15 is 0 Å². The zero-order valence-electron chi connectivity index (χ0n) is 9.95. The summed E-state index contributed by atoms with van der Waals surface area (Å²) < 4.78 is 0. The molecule has 0 radical (unpaired) electrons. The van der Waals surface area contributed by atoms with Crippen LogP contribution in [0.1, 0.15) is 20.3 Å². The van der Waals surface area contributed by atoms with Crippen LogP contribution in [0.5, 0.6) is 0 Å². The van der Waals surface area contributed by atoms with Crippen LogP contribution >= 0.6 is 11.6 Å². The van der Waals surface area contributed by atoms with Gasteiger partial charge < -0.3 is 0 Å². The lowest BCUT2D eigenvalue weighted by atomic mass is 10.2. The molecular formula is C12H23ClN2. The topological polar surface area (TPSA) is 6.48 Å². The van der Waals surface area contributed by atoms with Gasteiger partial charge in [0.25, 0.3) is 0 Å². The number of halogens is 1. The van der Waals surface area contributed by atoms with Crippen LogP contribution in [-0.4, -0.2) is 54.4 Å². The fraction of sp³-hybridized carbons (Fsp3) is 0.833. The van der Waals surface area contributed by atoms with Crippen LogP contribution in [0.3, 0.4) is 0 Å². The van der Waals surface area contributed by atoms with Crippen molar-refractivity contribution in [2.45, 2.75) is 26.3 Å². The maximum absolute atomic E-state index is 5.59. The normalized spacial score (nSPS) is 22.3. The maximum atomic E-state index is 5.59. The lowest BCUT2D eigenvalue weighted by Crippen LogP contribution is -2.49. The molecule has 0 spiro atoms. The van der Waals surface area contributed by atoms with Crippen molar-refractivity contribution in [2.75, 3.05) is 38.6 Å². The summed E-state index contributed by atoms with van der Waals surface area (Å²) in [6.45, 7) is 10.5. The van der Waals surface area contributed by atoms with E-state index in [9.17, 15) is 0 Å². The van der Waals surface area contributed by atoms with Gasteiger partial charge in [0.1, 0.15) is 0 Å². The van der Waals surface area contributed by atoms with Gasteiger partial charge in [-0.15, -0.1) is 11.6 Å². The van der Waals surface area contributed by atoms with E-state index in [1.54, 1.807) is 0 Å². The van der Waals surface area contributed by atoms with Crippen molar-refractivity contribution in [3.63, 3.8) is 0 Å². The molecule has 15 heavy (non-hydrogen) atoms. The lowest BCUT2D eigenvalue weighted by molar-refractivity contribution is 0.108. The first-order valence-electron chi connectivity index (χ1n) is 5.95. The molecule has 1 fully saturated rings. The molecule has 88 valence electrons. The molecule has 0 aromatic rings. The van der Waals surface area contributed by atoms with E-state index in [0.717, 1.165) is 12.6 Å². The van der Waals surface area contributed by atoms with E-state index in [2.05, 4.69) is 29.7 Å². The van der Waals surface area contributed by atoms with Crippen LogP contribution in [0.4, 0.5) is 0 Å². The van der Waals surface area contributed by atoms with Gasteiger partial charge in [0.05, 0.1) is 0 Å². The fourth-order valence-corrected chi connectivity index (χ4v) is 2.06. The largest absolute Gasteiger partial charge is 0.298 e. The molecule has 0 aliphatic carbocycles. The Morgan fingerprint density at radius 3 is 2.40 bits per heavy atom. The van der Waals surface area contributed by atoms with E-state index in [4.69, 9.17) is 11.6 Å². The molecule has 0 saturated carbocycles. The minimum atomic E-state index is 0.632. The number of rotatable bonds is 5. The zero-order valence-corrected chi connectivity index (χ0v) is 10.7. The molecule has 1 rings (SSSR count). The van der Waals surface area contributed by atoms with Crippen molar-refractivity contribution < 1.29 is 0 Å². The molecule has 0 bridgehead atoms. The van der Waals surface area contributed by atoms with Gasteiger partial charge in [0.15, 0.2) is 0 Å². The highest BCUT2D eigenvalue weighted by atomic mass is 35.5. The molecule has 1 atom stereocenters. The van der Waals surface area contributed by atoms with Crippen molar-refractivity contribution >= 4 is 11.6 Å². The summed E-state index contributed by atoms with van der Waals surface area (Å²) in [5.74, 6) is 0.632. The van der Waals surface area contributed by atoms with E-state index < -0.39 is 0 Å². The van der Waals surface area contributed by atoms with Gasteiger partial charge >= 0.3 is 0 Å². The highest BCUT2D eigenvalue weighted by molar-refractivity contribution is 6.18. The Bertz CT molecular complexity index is 186. The highest BCUT2D eigenvalue weighted by Crippen LogP contribution is 2.08. The van der Waals surface area contributed by atoms with Crippen LogP contribution in [-0.2, 0) is 0 Å². The Hall–Kier alpha value is -0.0500. The molecule has 3 heteroatoms. The fourth-order valence-electron chi connectivity index (χ4n) is 1.93. The molecule has 0 aromatic carbocycles. The molecule has 1 heterocycles. The molecular weight excluding hydrogens is 208 g/mol. The number of hydrogen-bond acceptors (Lipinski definition) is 2. The zero-order chi connectivity index (χ0) is 11.1. The molecule has 1 aliphatic heterocycles. The molecule has 1 aliphatic rings. The Morgan fingerprint density at radius 2 is 1.87 bits per heavy atom. The SMILES string of the molecule is CCC(C)N1CCN(CC=CCCl)CC1. The van der Waals surface area contributed by atoms with Gasteiger partial charge in [0, 0.05) is 44.6 Å². The second-order valence-corrected chi connectivity index (χ2v) is 4.53. The summed E-state index contributed by atoms with van der Waals surface area (Å²) in [4.78, 5) is 5.07. The van der Waals surface area contributed by atoms with Crippen molar-refractivity contribution in [1.82, 2.24) is 9.80 Å². The van der Waals surface area contributed by atoms with Gasteiger partial charge in [-0.25, -0.2) is 0 Å². The van der Waals surface area contributed by atoms with Crippen molar-refractivity contribution in [3.8, 4) is 0 Å². The predicted molar refractivity (Wildman–Crippen MR) is 67.6 cm³/mol. The first-order chi connectivity index (χ1) is 7.27. The smallest absolute Gasteiger partial charge is 0.0404 e. The Balaban J connectivity index is 2.20. The highest BCUT2D eigenvalue weighted by Gasteiger charge is 2.18. The average molecular weight is 231 g/mol. The molecule has 0 aromatic heterocycles. The Kier molecular flexibility index (Phi) is 6.30. The number of piperazine rings is 1. The number of alkyl halides is 1. The predicted octanol–water partition coefficient (Wildman–Crippen LogP) is 2.20. The van der Waals surface area contributed by atoms with Crippen LogP contribution in [0.2, 0.25) is 0 Å². The van der Waals surface area contributed by atoms with Gasteiger partial charge in [-0.1, -0.05) is 19.1 Å². The van der Waals surface area contributed by atoms with Gasteiger partial charge in [0.2, 0.25) is 0 Å². The van der Waals surface area contributed by atoms with Crippen LogP contribution in [0.15, 0.2) is 12.2 Å².